The maximum absolute atomic E-state index is 12.7. The normalized spacial score (nSPS) is 18.6. The third-order valence-corrected chi connectivity index (χ3v) is 3.62. The third kappa shape index (κ3) is 3.19. The van der Waals surface area contributed by atoms with Gasteiger partial charge in [0.1, 0.15) is 11.0 Å². The van der Waals surface area contributed by atoms with Gasteiger partial charge in [-0.25, -0.2) is 10.8 Å². The van der Waals surface area contributed by atoms with Gasteiger partial charge in [-0.2, -0.15) is 17.9 Å². The lowest BCUT2D eigenvalue weighted by molar-refractivity contribution is -0.177. The van der Waals surface area contributed by atoms with Gasteiger partial charge < -0.3 is 0 Å². The van der Waals surface area contributed by atoms with Crippen molar-refractivity contribution < 1.29 is 17.4 Å². The van der Waals surface area contributed by atoms with E-state index < -0.39 is 34.0 Å². The van der Waals surface area contributed by atoms with Crippen molar-refractivity contribution >= 4 is 11.0 Å². The first-order valence-corrected chi connectivity index (χ1v) is 5.80. The zero-order valence-corrected chi connectivity index (χ0v) is 10.4. The molecule has 1 N–H and O–H groups in total. The minimum absolute atomic E-state index is 0.484. The molecule has 0 heterocycles. The molecule has 0 spiro atoms. The summed E-state index contributed by atoms with van der Waals surface area (Å²) in [7, 11) is -1.94. The number of nitrogens with zero attached hydrogens (tertiary/aromatic N) is 1. The summed E-state index contributed by atoms with van der Waals surface area (Å²) in [5.74, 6) is 0. The molecule has 3 nitrogen and oxygen atoms in total. The quantitative estimate of drug-likeness (QED) is 0.774. The van der Waals surface area contributed by atoms with Crippen LogP contribution in [0.1, 0.15) is 34.1 Å². The maximum atomic E-state index is 12.7. The van der Waals surface area contributed by atoms with Crippen LogP contribution in [0.5, 0.6) is 0 Å². The van der Waals surface area contributed by atoms with Crippen LogP contribution in [-0.4, -0.2) is 20.8 Å². The molecule has 0 aromatic heterocycles. The summed E-state index contributed by atoms with van der Waals surface area (Å²) in [4.78, 5) is 2.58. The van der Waals surface area contributed by atoms with Gasteiger partial charge in [-0.1, -0.05) is 6.92 Å². The molecular formula is C9H15F3N2OS. The Labute approximate surface area is 95.8 Å². The molecule has 0 aliphatic rings. The molecule has 0 amide bonds. The molecule has 0 aliphatic heterocycles. The van der Waals surface area contributed by atoms with Gasteiger partial charge in [-0.3, -0.25) is 4.85 Å². The SMILES string of the molecule is [C-]#[N+][C@@](CC)(N[S@](=O)C(C)(C)C)C(F)(F)F. The Morgan fingerprint density at radius 1 is 1.31 bits per heavy atom. The molecule has 0 radical (unpaired) electrons. The number of hydrogen-bond acceptors (Lipinski definition) is 1. The second-order valence-corrected chi connectivity index (χ2v) is 6.27. The lowest BCUT2D eigenvalue weighted by Gasteiger charge is -2.27. The van der Waals surface area contributed by atoms with Crippen LogP contribution < -0.4 is 4.72 Å². The monoisotopic (exact) mass is 256 g/mol. The second-order valence-electron chi connectivity index (χ2n) is 4.31. The van der Waals surface area contributed by atoms with Crippen LogP contribution in [0.2, 0.25) is 0 Å². The first kappa shape index (κ1) is 15.4. The molecule has 0 saturated heterocycles. The minimum atomic E-state index is -4.75. The molecule has 2 atom stereocenters. The highest BCUT2D eigenvalue weighted by atomic mass is 32.2. The summed E-state index contributed by atoms with van der Waals surface area (Å²) in [6, 6.07) is 0. The van der Waals surface area contributed by atoms with Gasteiger partial charge in [0.2, 0.25) is 0 Å². The van der Waals surface area contributed by atoms with Crippen LogP contribution in [0.4, 0.5) is 13.2 Å². The van der Waals surface area contributed by atoms with Crippen LogP contribution >= 0.6 is 0 Å². The fraction of sp³-hybridized carbons (Fsp3) is 0.889. The van der Waals surface area contributed by atoms with Gasteiger partial charge in [0.25, 0.3) is 0 Å². The Morgan fingerprint density at radius 3 is 1.94 bits per heavy atom. The van der Waals surface area contributed by atoms with Crippen molar-refractivity contribution in [2.45, 2.75) is 50.7 Å². The molecular weight excluding hydrogens is 241 g/mol. The van der Waals surface area contributed by atoms with Crippen molar-refractivity contribution in [1.82, 2.24) is 4.72 Å². The Kier molecular flexibility index (Phi) is 4.54. The summed E-state index contributed by atoms with van der Waals surface area (Å²) in [5.41, 5.74) is -2.76. The zero-order valence-electron chi connectivity index (χ0n) is 9.60. The van der Waals surface area contributed by atoms with E-state index in [1.807, 2.05) is 4.72 Å². The van der Waals surface area contributed by atoms with E-state index in [4.69, 9.17) is 6.57 Å². The van der Waals surface area contributed by atoms with Gasteiger partial charge >= 0.3 is 11.8 Å². The van der Waals surface area contributed by atoms with E-state index >= 15 is 0 Å². The zero-order chi connectivity index (χ0) is 13.2. The van der Waals surface area contributed by atoms with E-state index in [1.165, 1.54) is 27.7 Å². The van der Waals surface area contributed by atoms with Crippen molar-refractivity contribution in [3.8, 4) is 0 Å². The van der Waals surface area contributed by atoms with Crippen LogP contribution in [0.3, 0.4) is 0 Å². The van der Waals surface area contributed by atoms with Gasteiger partial charge in [-0.15, -0.1) is 0 Å². The highest BCUT2D eigenvalue weighted by Gasteiger charge is 2.62. The molecule has 94 valence electrons. The second kappa shape index (κ2) is 4.72. The number of alkyl halides is 3. The molecule has 7 heteroatoms. The Morgan fingerprint density at radius 2 is 1.75 bits per heavy atom. The molecule has 0 rings (SSSR count). The summed E-state index contributed by atoms with van der Waals surface area (Å²) in [5, 5.41) is 0. The van der Waals surface area contributed by atoms with Crippen molar-refractivity contribution in [3.63, 3.8) is 0 Å². The molecule has 0 fully saturated rings. The standard InChI is InChI=1S/C9H15F3N2OS/c1-6-8(13-5,9(10,11)12)14-16(15)7(2,3)4/h14H,6H2,1-4H3/t8-,16+/m0/s1. The summed E-state index contributed by atoms with van der Waals surface area (Å²) >= 11 is 0. The summed E-state index contributed by atoms with van der Waals surface area (Å²) < 4.78 is 50.8. The lowest BCUT2D eigenvalue weighted by Crippen LogP contribution is -2.56. The summed E-state index contributed by atoms with van der Waals surface area (Å²) in [6.45, 7) is 12.5. The topological polar surface area (TPSA) is 33.5 Å². The van der Waals surface area contributed by atoms with E-state index in [-0.39, 0.29) is 0 Å². The predicted molar refractivity (Wildman–Crippen MR) is 56.7 cm³/mol. The molecule has 0 aromatic rings. The molecule has 0 aliphatic carbocycles. The molecule has 0 aromatic carbocycles. The predicted octanol–water partition coefficient (Wildman–Crippen LogP) is 2.63. The van der Waals surface area contributed by atoms with E-state index in [0.29, 0.717) is 0 Å². The number of halogens is 3. The Balaban J connectivity index is 5.15. The maximum Gasteiger partial charge on any atom is 0.485 e. The van der Waals surface area contributed by atoms with Gasteiger partial charge in [0, 0.05) is 6.42 Å². The number of rotatable bonds is 3. The Hall–Kier alpha value is -0.610. The van der Waals surface area contributed by atoms with Gasteiger partial charge in [-0.05, 0) is 20.8 Å². The molecule has 0 saturated carbocycles. The molecule has 0 bridgehead atoms. The minimum Gasteiger partial charge on any atom is -0.282 e. The number of nitrogens with one attached hydrogen (secondary N) is 1. The van der Waals surface area contributed by atoms with E-state index in [1.54, 1.807) is 0 Å². The van der Waals surface area contributed by atoms with E-state index in [9.17, 15) is 17.4 Å². The van der Waals surface area contributed by atoms with Crippen LogP contribution in [0.15, 0.2) is 0 Å². The van der Waals surface area contributed by atoms with Crippen molar-refractivity contribution in [2.75, 3.05) is 0 Å². The molecule has 16 heavy (non-hydrogen) atoms. The fourth-order valence-corrected chi connectivity index (χ4v) is 1.72. The first-order chi connectivity index (χ1) is 7.00. The third-order valence-electron chi connectivity index (χ3n) is 1.99. The smallest absolute Gasteiger partial charge is 0.282 e. The van der Waals surface area contributed by atoms with Gasteiger partial charge in [0.05, 0.1) is 4.75 Å². The summed E-state index contributed by atoms with van der Waals surface area (Å²) in [6.07, 6.45) is -5.23. The van der Waals surface area contributed by atoms with E-state index in [2.05, 4.69) is 4.85 Å². The average Bonchev–Trinajstić information content (AvgIpc) is 2.10. The van der Waals surface area contributed by atoms with E-state index in [0.717, 1.165) is 0 Å². The van der Waals surface area contributed by atoms with Crippen LogP contribution in [-0.2, 0) is 11.0 Å². The Bertz CT molecular complexity index is 316. The average molecular weight is 256 g/mol. The fourth-order valence-electron chi connectivity index (χ4n) is 0.802. The largest absolute Gasteiger partial charge is 0.485 e. The lowest BCUT2D eigenvalue weighted by atomic mass is 10.1. The van der Waals surface area contributed by atoms with Crippen LogP contribution in [0.25, 0.3) is 4.85 Å². The first-order valence-electron chi connectivity index (χ1n) is 4.65. The van der Waals surface area contributed by atoms with Crippen molar-refractivity contribution in [1.29, 1.82) is 0 Å². The van der Waals surface area contributed by atoms with Crippen molar-refractivity contribution in [3.05, 3.63) is 11.4 Å². The highest BCUT2D eigenvalue weighted by molar-refractivity contribution is 7.84. The number of hydrogen-bond donors (Lipinski definition) is 1. The van der Waals surface area contributed by atoms with Crippen LogP contribution in [0, 0.1) is 6.57 Å². The highest BCUT2D eigenvalue weighted by Crippen LogP contribution is 2.35. The van der Waals surface area contributed by atoms with Crippen molar-refractivity contribution in [2.24, 2.45) is 0 Å². The van der Waals surface area contributed by atoms with Gasteiger partial charge in [0.15, 0.2) is 0 Å². The molecule has 0 unspecified atom stereocenters.